The van der Waals surface area contributed by atoms with Gasteiger partial charge in [-0.2, -0.15) is 0 Å². The van der Waals surface area contributed by atoms with Gasteiger partial charge in [-0.3, -0.25) is 4.79 Å². The second-order valence-electron chi connectivity index (χ2n) is 14.5. The van der Waals surface area contributed by atoms with Crippen LogP contribution in [0.4, 0.5) is 0 Å². The number of Topliss-reactive ketones (excluding diaryl/α,β-unsaturated/α-hetero) is 1. The summed E-state index contributed by atoms with van der Waals surface area (Å²) in [5.41, 5.74) is 2.53. The molecule has 0 unspecified atom stereocenters. The summed E-state index contributed by atoms with van der Waals surface area (Å²) in [6.45, 7) is 16.8. The van der Waals surface area contributed by atoms with Gasteiger partial charge in [0.1, 0.15) is 5.76 Å². The third-order valence-electron chi connectivity index (χ3n) is 11.6. The van der Waals surface area contributed by atoms with Crippen LogP contribution in [0.5, 0.6) is 0 Å². The standard InChI is InChI=1S/C34H50O2/c1-22(2)10-8-11-23(3)27-14-15-28-26-13-16-30-32(4,5)31(35)24(20-25-12-9-19-36-25)21-34(30,7)29(26)17-18-33(27,28)6/h9,12,16,19-20,22-23,26-29H,8,10-11,13-15,17-18,21H2,1-7H3/b24-20-/t23-,26+,27-,28+,29+,33+,34+/m0/s1. The van der Waals surface area contributed by atoms with E-state index in [1.807, 2.05) is 18.2 Å². The Bertz CT molecular complexity index is 1020. The van der Waals surface area contributed by atoms with E-state index >= 15 is 0 Å². The molecule has 3 saturated carbocycles. The van der Waals surface area contributed by atoms with E-state index in [0.29, 0.717) is 11.3 Å². The first-order chi connectivity index (χ1) is 17.0. The van der Waals surface area contributed by atoms with E-state index in [4.69, 9.17) is 4.42 Å². The number of rotatable bonds is 6. The minimum Gasteiger partial charge on any atom is -0.465 e. The highest BCUT2D eigenvalue weighted by Gasteiger charge is 2.61. The molecule has 0 N–H and O–H groups in total. The Morgan fingerprint density at radius 3 is 2.53 bits per heavy atom. The smallest absolute Gasteiger partial charge is 0.168 e. The van der Waals surface area contributed by atoms with Crippen LogP contribution in [0.15, 0.2) is 40.0 Å². The van der Waals surface area contributed by atoms with Crippen LogP contribution in [0.1, 0.15) is 112 Å². The Morgan fingerprint density at radius 1 is 1.06 bits per heavy atom. The van der Waals surface area contributed by atoms with Crippen LogP contribution >= 0.6 is 0 Å². The molecule has 0 saturated heterocycles. The van der Waals surface area contributed by atoms with Gasteiger partial charge >= 0.3 is 0 Å². The lowest BCUT2D eigenvalue weighted by molar-refractivity contribution is -0.126. The van der Waals surface area contributed by atoms with Gasteiger partial charge in [0.25, 0.3) is 0 Å². The molecule has 4 aliphatic carbocycles. The summed E-state index contributed by atoms with van der Waals surface area (Å²) < 4.78 is 5.63. The van der Waals surface area contributed by atoms with Crippen molar-refractivity contribution < 1.29 is 9.21 Å². The highest BCUT2D eigenvalue weighted by Crippen LogP contribution is 2.69. The quantitative estimate of drug-likeness (QED) is 0.293. The van der Waals surface area contributed by atoms with Crippen molar-refractivity contribution in [3.8, 4) is 0 Å². The molecular weight excluding hydrogens is 440 g/mol. The van der Waals surface area contributed by atoms with Crippen molar-refractivity contribution in [1.29, 1.82) is 0 Å². The van der Waals surface area contributed by atoms with Crippen LogP contribution in [0, 0.1) is 51.8 Å². The largest absolute Gasteiger partial charge is 0.465 e. The van der Waals surface area contributed by atoms with Crippen molar-refractivity contribution in [2.75, 3.05) is 0 Å². The summed E-state index contributed by atoms with van der Waals surface area (Å²) >= 11 is 0. The molecule has 0 bridgehead atoms. The summed E-state index contributed by atoms with van der Waals surface area (Å²) in [6.07, 6.45) is 18.0. The lowest BCUT2D eigenvalue weighted by Crippen LogP contribution is -2.54. The highest BCUT2D eigenvalue weighted by molar-refractivity contribution is 6.06. The lowest BCUT2D eigenvalue weighted by atomic mass is 9.44. The molecule has 5 rings (SSSR count). The van der Waals surface area contributed by atoms with Crippen molar-refractivity contribution in [2.24, 2.45) is 51.8 Å². The van der Waals surface area contributed by atoms with Gasteiger partial charge in [-0.15, -0.1) is 0 Å². The Morgan fingerprint density at radius 2 is 1.83 bits per heavy atom. The number of carbonyl (C=O) groups excluding carboxylic acids is 1. The van der Waals surface area contributed by atoms with Crippen molar-refractivity contribution >= 4 is 11.9 Å². The van der Waals surface area contributed by atoms with Crippen LogP contribution in [-0.2, 0) is 4.79 Å². The minimum absolute atomic E-state index is 0.0705. The molecule has 1 aromatic heterocycles. The minimum atomic E-state index is -0.430. The van der Waals surface area contributed by atoms with E-state index in [0.717, 1.165) is 47.3 Å². The molecule has 2 heteroatoms. The van der Waals surface area contributed by atoms with Crippen LogP contribution in [0.3, 0.4) is 0 Å². The van der Waals surface area contributed by atoms with Gasteiger partial charge in [-0.1, -0.05) is 65.5 Å². The SMILES string of the molecule is CC(C)CCC[C@H](C)[C@@H]1CC[C@@H]2[C@H]3CC=C4C(C)(C)C(=O)/C(=C\c5ccco5)C[C@]4(C)[C@@H]3CC[C@@]21C. The predicted molar refractivity (Wildman–Crippen MR) is 149 cm³/mol. The number of allylic oxidation sites excluding steroid dienone is 3. The Kier molecular flexibility index (Phi) is 6.74. The topological polar surface area (TPSA) is 30.2 Å². The Labute approximate surface area is 220 Å². The maximum atomic E-state index is 13.7. The number of carbonyl (C=O) groups is 1. The van der Waals surface area contributed by atoms with Gasteiger partial charge in [0.15, 0.2) is 5.78 Å². The summed E-state index contributed by atoms with van der Waals surface area (Å²) in [5, 5.41) is 0. The van der Waals surface area contributed by atoms with Gasteiger partial charge in [-0.25, -0.2) is 0 Å². The second-order valence-corrected chi connectivity index (χ2v) is 14.5. The van der Waals surface area contributed by atoms with E-state index in [-0.39, 0.29) is 11.2 Å². The summed E-state index contributed by atoms with van der Waals surface area (Å²) in [5.74, 6) is 5.92. The fourth-order valence-electron chi connectivity index (χ4n) is 9.98. The monoisotopic (exact) mass is 490 g/mol. The maximum Gasteiger partial charge on any atom is 0.168 e. The lowest BCUT2D eigenvalue weighted by Gasteiger charge is -2.60. The van der Waals surface area contributed by atoms with Crippen LogP contribution in [0.2, 0.25) is 0 Å². The second kappa shape index (κ2) is 9.32. The maximum absolute atomic E-state index is 13.7. The number of ketones is 1. The average molecular weight is 491 g/mol. The molecule has 2 nitrogen and oxygen atoms in total. The molecule has 198 valence electrons. The van der Waals surface area contributed by atoms with Crippen molar-refractivity contribution in [3.05, 3.63) is 41.4 Å². The molecule has 3 fully saturated rings. The zero-order chi connectivity index (χ0) is 25.9. The average Bonchev–Trinajstić information content (AvgIpc) is 3.44. The first kappa shape index (κ1) is 26.1. The van der Waals surface area contributed by atoms with Crippen molar-refractivity contribution in [2.45, 2.75) is 106 Å². The molecule has 7 atom stereocenters. The molecule has 1 aromatic rings. The van der Waals surface area contributed by atoms with Crippen LogP contribution in [-0.4, -0.2) is 5.78 Å². The molecular formula is C34H50O2. The molecule has 0 radical (unpaired) electrons. The third-order valence-corrected chi connectivity index (χ3v) is 11.6. The van der Waals surface area contributed by atoms with Gasteiger partial charge in [-0.05, 0) is 117 Å². The first-order valence-corrected chi connectivity index (χ1v) is 15.0. The van der Waals surface area contributed by atoms with Crippen molar-refractivity contribution in [1.82, 2.24) is 0 Å². The van der Waals surface area contributed by atoms with Crippen LogP contribution < -0.4 is 0 Å². The Balaban J connectivity index is 1.42. The number of hydrogen-bond donors (Lipinski definition) is 0. The molecule has 36 heavy (non-hydrogen) atoms. The van der Waals surface area contributed by atoms with E-state index in [1.165, 1.54) is 56.9 Å². The fraction of sp³-hybridized carbons (Fsp3) is 0.735. The number of hydrogen-bond acceptors (Lipinski definition) is 2. The van der Waals surface area contributed by atoms with Crippen LogP contribution in [0.25, 0.3) is 6.08 Å². The zero-order valence-electron chi connectivity index (χ0n) is 24.0. The van der Waals surface area contributed by atoms with E-state index in [9.17, 15) is 4.79 Å². The molecule has 4 aliphatic rings. The Hall–Kier alpha value is -1.57. The predicted octanol–water partition coefficient (Wildman–Crippen LogP) is 9.52. The summed E-state index contributed by atoms with van der Waals surface area (Å²) in [4.78, 5) is 13.7. The third kappa shape index (κ3) is 4.10. The molecule has 0 spiro atoms. The molecule has 0 amide bonds. The zero-order valence-corrected chi connectivity index (χ0v) is 24.0. The van der Waals surface area contributed by atoms with Gasteiger partial charge in [0.05, 0.1) is 6.26 Å². The van der Waals surface area contributed by atoms with E-state index < -0.39 is 5.41 Å². The van der Waals surface area contributed by atoms with E-state index in [1.54, 1.807) is 6.26 Å². The summed E-state index contributed by atoms with van der Waals surface area (Å²) in [6, 6.07) is 3.88. The van der Waals surface area contributed by atoms with Gasteiger partial charge in [0.2, 0.25) is 0 Å². The number of furan rings is 1. The van der Waals surface area contributed by atoms with Gasteiger partial charge in [0, 0.05) is 11.0 Å². The first-order valence-electron chi connectivity index (χ1n) is 15.0. The molecule has 1 heterocycles. The highest BCUT2D eigenvalue weighted by atomic mass is 16.3. The summed E-state index contributed by atoms with van der Waals surface area (Å²) in [7, 11) is 0. The van der Waals surface area contributed by atoms with Crippen molar-refractivity contribution in [3.63, 3.8) is 0 Å². The number of fused-ring (bicyclic) bond motifs is 5. The normalized spacial score (nSPS) is 39.5. The molecule has 0 aromatic carbocycles. The van der Waals surface area contributed by atoms with E-state index in [2.05, 4.69) is 54.5 Å². The van der Waals surface area contributed by atoms with Gasteiger partial charge < -0.3 is 4.42 Å². The fourth-order valence-corrected chi connectivity index (χ4v) is 9.98. The molecule has 0 aliphatic heterocycles.